The summed E-state index contributed by atoms with van der Waals surface area (Å²) in [6.45, 7) is 8.11. The summed E-state index contributed by atoms with van der Waals surface area (Å²) in [5.74, 6) is 0. The molecule has 0 spiro atoms. The number of nitrogens with zero attached hydrogens (tertiary/aromatic N) is 3. The predicted octanol–water partition coefficient (Wildman–Crippen LogP) is 4.18. The average molecular weight is 374 g/mol. The lowest BCUT2D eigenvalue weighted by molar-refractivity contribution is 0.287. The smallest absolute Gasteiger partial charge is 0.103 e. The highest BCUT2D eigenvalue weighted by atomic mass is 35.5. The van der Waals surface area contributed by atoms with Crippen LogP contribution >= 0.6 is 11.6 Å². The molecular formula is C19H20ClN3OS. The molecule has 1 aliphatic rings. The van der Waals surface area contributed by atoms with E-state index in [0.717, 1.165) is 53.2 Å². The van der Waals surface area contributed by atoms with Crippen LogP contribution in [0.1, 0.15) is 13.8 Å². The third-order valence-corrected chi connectivity index (χ3v) is 6.85. The summed E-state index contributed by atoms with van der Waals surface area (Å²) in [4.78, 5) is 3.86. The van der Waals surface area contributed by atoms with Crippen LogP contribution in [-0.2, 0) is 17.3 Å². The standard InChI is InChI=1S/C19H20ClN3OS/c1-3-22(4-2)11-12-23-15-10-9-14(20)19-17(15)18(21-23)13-7-5-6-8-16(13)25(19)24/h5-10H,3-4,11-12H2,1-2H3. The minimum absolute atomic E-state index is 0.546. The van der Waals surface area contributed by atoms with Crippen molar-refractivity contribution in [3.8, 4) is 11.3 Å². The molecule has 0 fully saturated rings. The molecule has 3 aromatic rings. The summed E-state index contributed by atoms with van der Waals surface area (Å²) in [5, 5.41) is 6.35. The third-order valence-electron chi connectivity index (χ3n) is 4.87. The zero-order chi connectivity index (χ0) is 17.6. The minimum Gasteiger partial charge on any atom is -0.302 e. The van der Waals surface area contributed by atoms with Gasteiger partial charge in [0.1, 0.15) is 5.69 Å². The van der Waals surface area contributed by atoms with Gasteiger partial charge < -0.3 is 4.90 Å². The SMILES string of the molecule is CCN(CC)CCn1nc2c3c(c(Cl)ccc31)S(=O)c1ccccc1-2. The van der Waals surface area contributed by atoms with E-state index in [1.807, 2.05) is 41.1 Å². The molecule has 0 saturated carbocycles. The lowest BCUT2D eigenvalue weighted by Crippen LogP contribution is -2.27. The van der Waals surface area contributed by atoms with Crippen LogP contribution in [0.5, 0.6) is 0 Å². The Morgan fingerprint density at radius 1 is 1.16 bits per heavy atom. The van der Waals surface area contributed by atoms with Crippen molar-refractivity contribution in [3.05, 3.63) is 41.4 Å². The van der Waals surface area contributed by atoms with E-state index >= 15 is 0 Å². The number of halogens is 1. The Labute approximate surface area is 154 Å². The first-order valence-corrected chi connectivity index (χ1v) is 10.1. The summed E-state index contributed by atoms with van der Waals surface area (Å²) in [7, 11) is -1.27. The van der Waals surface area contributed by atoms with Crippen LogP contribution in [-0.4, -0.2) is 38.5 Å². The minimum atomic E-state index is -1.27. The van der Waals surface area contributed by atoms with Gasteiger partial charge in [-0.1, -0.05) is 43.6 Å². The van der Waals surface area contributed by atoms with Crippen LogP contribution in [0.2, 0.25) is 5.02 Å². The number of aromatic nitrogens is 2. The maximum absolute atomic E-state index is 13.1. The Bertz CT molecular complexity index is 978. The summed E-state index contributed by atoms with van der Waals surface area (Å²) in [6, 6.07) is 11.6. The van der Waals surface area contributed by atoms with Gasteiger partial charge in [0.05, 0.1) is 37.7 Å². The molecule has 130 valence electrons. The fourth-order valence-corrected chi connectivity index (χ4v) is 5.25. The van der Waals surface area contributed by atoms with Crippen molar-refractivity contribution in [1.29, 1.82) is 0 Å². The first kappa shape index (κ1) is 16.8. The molecule has 0 amide bonds. The number of rotatable bonds is 5. The van der Waals surface area contributed by atoms with E-state index in [1.165, 1.54) is 0 Å². The zero-order valence-electron chi connectivity index (χ0n) is 14.3. The van der Waals surface area contributed by atoms with Crippen molar-refractivity contribution in [2.24, 2.45) is 0 Å². The van der Waals surface area contributed by atoms with Crippen LogP contribution < -0.4 is 0 Å². The molecule has 4 nitrogen and oxygen atoms in total. The first-order chi connectivity index (χ1) is 12.2. The van der Waals surface area contributed by atoms with E-state index in [1.54, 1.807) is 0 Å². The summed E-state index contributed by atoms with van der Waals surface area (Å²) in [5.41, 5.74) is 2.84. The number of likely N-dealkylation sites (N-methyl/N-ethyl adjacent to an activating group) is 1. The molecule has 1 atom stereocenters. The van der Waals surface area contributed by atoms with Crippen molar-refractivity contribution in [1.82, 2.24) is 14.7 Å². The van der Waals surface area contributed by atoms with Crippen molar-refractivity contribution < 1.29 is 4.21 Å². The summed E-state index contributed by atoms with van der Waals surface area (Å²) >= 11 is 6.41. The van der Waals surface area contributed by atoms with Crippen LogP contribution in [0.25, 0.3) is 22.2 Å². The molecule has 0 aliphatic carbocycles. The molecule has 25 heavy (non-hydrogen) atoms. The normalized spacial score (nSPS) is 15.8. The van der Waals surface area contributed by atoms with E-state index in [9.17, 15) is 4.21 Å². The maximum atomic E-state index is 13.1. The Morgan fingerprint density at radius 3 is 2.68 bits per heavy atom. The molecule has 2 aromatic carbocycles. The van der Waals surface area contributed by atoms with E-state index < -0.39 is 10.8 Å². The van der Waals surface area contributed by atoms with Gasteiger partial charge in [0.15, 0.2) is 0 Å². The fraction of sp³-hybridized carbons (Fsp3) is 0.316. The van der Waals surface area contributed by atoms with Gasteiger partial charge in [-0.2, -0.15) is 5.10 Å². The van der Waals surface area contributed by atoms with E-state index in [-0.39, 0.29) is 0 Å². The average Bonchev–Trinajstić information content (AvgIpc) is 3.00. The van der Waals surface area contributed by atoms with Crippen molar-refractivity contribution >= 4 is 33.3 Å². The topological polar surface area (TPSA) is 38.1 Å². The van der Waals surface area contributed by atoms with Crippen LogP contribution in [0, 0.1) is 0 Å². The monoisotopic (exact) mass is 373 g/mol. The largest absolute Gasteiger partial charge is 0.302 e. The van der Waals surface area contributed by atoms with Crippen LogP contribution in [0.15, 0.2) is 46.2 Å². The molecule has 0 N–H and O–H groups in total. The van der Waals surface area contributed by atoms with E-state index in [2.05, 4.69) is 18.7 Å². The highest BCUT2D eigenvalue weighted by molar-refractivity contribution is 7.85. The number of benzene rings is 2. The molecule has 0 bridgehead atoms. The Balaban J connectivity index is 1.90. The lowest BCUT2D eigenvalue weighted by Gasteiger charge is -2.18. The summed E-state index contributed by atoms with van der Waals surface area (Å²) < 4.78 is 15.1. The lowest BCUT2D eigenvalue weighted by atomic mass is 10.1. The second-order valence-corrected chi connectivity index (χ2v) is 7.93. The van der Waals surface area contributed by atoms with Crippen molar-refractivity contribution in [3.63, 3.8) is 0 Å². The van der Waals surface area contributed by atoms with Gasteiger partial charge in [-0.25, -0.2) is 4.21 Å². The highest BCUT2D eigenvalue weighted by Crippen LogP contribution is 2.44. The Morgan fingerprint density at radius 2 is 1.92 bits per heavy atom. The number of fused-ring (bicyclic) bond motifs is 2. The second-order valence-electron chi connectivity index (χ2n) is 6.13. The summed E-state index contributed by atoms with van der Waals surface area (Å²) in [6.07, 6.45) is 0. The third kappa shape index (κ3) is 2.62. The molecule has 0 radical (unpaired) electrons. The molecule has 0 saturated heterocycles. The molecule has 4 rings (SSSR count). The van der Waals surface area contributed by atoms with Crippen LogP contribution in [0.3, 0.4) is 0 Å². The van der Waals surface area contributed by atoms with E-state index in [4.69, 9.17) is 16.7 Å². The zero-order valence-corrected chi connectivity index (χ0v) is 15.9. The maximum Gasteiger partial charge on any atom is 0.103 e. The molecule has 1 aromatic heterocycles. The highest BCUT2D eigenvalue weighted by Gasteiger charge is 2.29. The quantitative estimate of drug-likeness (QED) is 0.526. The van der Waals surface area contributed by atoms with Crippen molar-refractivity contribution in [2.75, 3.05) is 19.6 Å². The molecule has 1 unspecified atom stereocenters. The molecular weight excluding hydrogens is 354 g/mol. The molecule has 1 aliphatic heterocycles. The van der Waals surface area contributed by atoms with Gasteiger partial charge >= 0.3 is 0 Å². The molecule has 2 heterocycles. The first-order valence-electron chi connectivity index (χ1n) is 8.58. The van der Waals surface area contributed by atoms with Gasteiger partial charge in [-0.3, -0.25) is 4.68 Å². The second kappa shape index (κ2) is 6.56. The Hall–Kier alpha value is -1.69. The Kier molecular flexibility index (Phi) is 4.40. The van der Waals surface area contributed by atoms with Gasteiger partial charge in [0.25, 0.3) is 0 Å². The molecule has 6 heteroatoms. The van der Waals surface area contributed by atoms with Crippen molar-refractivity contribution in [2.45, 2.75) is 30.2 Å². The fourth-order valence-electron chi connectivity index (χ4n) is 3.47. The van der Waals surface area contributed by atoms with Gasteiger partial charge in [-0.15, -0.1) is 0 Å². The number of hydrogen-bond donors (Lipinski definition) is 0. The van der Waals surface area contributed by atoms with Gasteiger partial charge in [0, 0.05) is 17.5 Å². The van der Waals surface area contributed by atoms with E-state index in [0.29, 0.717) is 9.92 Å². The predicted molar refractivity (Wildman–Crippen MR) is 103 cm³/mol. The van der Waals surface area contributed by atoms with Gasteiger partial charge in [0.2, 0.25) is 0 Å². The number of hydrogen-bond acceptors (Lipinski definition) is 3. The van der Waals surface area contributed by atoms with Gasteiger partial charge in [-0.05, 0) is 31.3 Å². The van der Waals surface area contributed by atoms with Crippen LogP contribution in [0.4, 0.5) is 0 Å².